The molecule has 0 atom stereocenters. The highest BCUT2D eigenvalue weighted by Gasteiger charge is 2.22. The van der Waals surface area contributed by atoms with E-state index in [4.69, 9.17) is 0 Å². The summed E-state index contributed by atoms with van der Waals surface area (Å²) < 4.78 is 2.06. The highest BCUT2D eigenvalue weighted by molar-refractivity contribution is 7.09. The second-order valence-electron chi connectivity index (χ2n) is 7.10. The van der Waals surface area contributed by atoms with Gasteiger partial charge in [-0.3, -0.25) is 4.79 Å². The summed E-state index contributed by atoms with van der Waals surface area (Å²) in [6.07, 6.45) is 4.93. The van der Waals surface area contributed by atoms with E-state index in [1.165, 1.54) is 35.5 Å². The van der Waals surface area contributed by atoms with Gasteiger partial charge < -0.3 is 14.8 Å². The van der Waals surface area contributed by atoms with Crippen molar-refractivity contribution in [3.05, 3.63) is 39.2 Å². The van der Waals surface area contributed by atoms with Crippen molar-refractivity contribution >= 4 is 23.1 Å². The molecule has 1 aliphatic heterocycles. The van der Waals surface area contributed by atoms with Crippen LogP contribution in [0.3, 0.4) is 0 Å². The van der Waals surface area contributed by atoms with Gasteiger partial charge in [0, 0.05) is 10.6 Å². The monoisotopic (exact) mass is 371 g/mol. The Bertz CT molecular complexity index is 793. The Labute approximate surface area is 159 Å². The summed E-state index contributed by atoms with van der Waals surface area (Å²) in [4.78, 5) is 15.2. The number of hydrogen-bond acceptors (Lipinski definition) is 3. The van der Waals surface area contributed by atoms with Crippen LogP contribution >= 0.6 is 11.3 Å². The fourth-order valence-electron chi connectivity index (χ4n) is 3.70. The lowest BCUT2D eigenvalue weighted by molar-refractivity contribution is -0.890. The molecule has 2 aromatic heterocycles. The predicted octanol–water partition coefficient (Wildman–Crippen LogP) is 2.48. The molecule has 0 radical (unpaired) electrons. The average Bonchev–Trinajstić information content (AvgIpc) is 3.10. The first-order valence-electron chi connectivity index (χ1n) is 9.35. The first-order chi connectivity index (χ1) is 12.6. The van der Waals surface area contributed by atoms with Gasteiger partial charge in [0.05, 0.1) is 25.2 Å². The average molecular weight is 372 g/mol. The van der Waals surface area contributed by atoms with Crippen LogP contribution in [0.25, 0.3) is 0 Å². The third-order valence-electron chi connectivity index (χ3n) is 5.31. The number of nitriles is 1. The van der Waals surface area contributed by atoms with Crippen molar-refractivity contribution in [2.24, 2.45) is 0 Å². The smallest absolute Gasteiger partial charge is 0.280 e. The Morgan fingerprint density at radius 2 is 2.04 bits per heavy atom. The summed E-state index contributed by atoms with van der Waals surface area (Å²) in [5.41, 5.74) is 2.56. The molecule has 138 valence electrons. The molecule has 1 saturated heterocycles. The normalized spacial score (nSPS) is 15.4. The maximum Gasteiger partial charge on any atom is 0.280 e. The molecule has 0 unspecified atom stereocenters. The van der Waals surface area contributed by atoms with E-state index >= 15 is 0 Å². The molecule has 3 rings (SSSR count). The molecule has 0 spiro atoms. The van der Waals surface area contributed by atoms with Gasteiger partial charge in [0.25, 0.3) is 5.91 Å². The van der Waals surface area contributed by atoms with Gasteiger partial charge in [-0.1, -0.05) is 6.07 Å². The Morgan fingerprint density at radius 3 is 2.65 bits per heavy atom. The topological polar surface area (TPSA) is 62.3 Å². The molecule has 2 N–H and O–H groups in total. The minimum atomic E-state index is 0.00308. The van der Waals surface area contributed by atoms with Crippen LogP contribution in [-0.4, -0.2) is 30.1 Å². The Kier molecular flexibility index (Phi) is 6.12. The number of quaternary nitrogens is 1. The minimum absolute atomic E-state index is 0.00308. The van der Waals surface area contributed by atoms with Gasteiger partial charge in [0.15, 0.2) is 6.54 Å². The number of amides is 1. The van der Waals surface area contributed by atoms with Crippen molar-refractivity contribution in [3.8, 4) is 6.07 Å². The van der Waals surface area contributed by atoms with Crippen molar-refractivity contribution in [1.29, 1.82) is 5.26 Å². The first kappa shape index (κ1) is 18.7. The fourth-order valence-corrected chi connectivity index (χ4v) is 4.39. The Hall–Kier alpha value is -2.10. The number of anilines is 1. The molecule has 0 aliphatic carbocycles. The van der Waals surface area contributed by atoms with Crippen molar-refractivity contribution in [3.63, 3.8) is 0 Å². The largest absolute Gasteiger partial charge is 0.327 e. The number of carbonyl (C=O) groups is 1. The summed E-state index contributed by atoms with van der Waals surface area (Å²) in [5.74, 6) is 0.651. The molecule has 0 saturated carbocycles. The van der Waals surface area contributed by atoms with Crippen LogP contribution in [0, 0.1) is 25.2 Å². The first-order valence-corrected chi connectivity index (χ1v) is 10.2. The number of likely N-dealkylation sites (tertiary alicyclic amines) is 1. The number of thiophene rings is 1. The zero-order valence-electron chi connectivity index (χ0n) is 15.6. The van der Waals surface area contributed by atoms with E-state index in [0.717, 1.165) is 24.3 Å². The van der Waals surface area contributed by atoms with E-state index in [2.05, 4.69) is 22.0 Å². The van der Waals surface area contributed by atoms with E-state index in [-0.39, 0.29) is 5.91 Å². The molecule has 1 fully saturated rings. The quantitative estimate of drug-likeness (QED) is 0.848. The van der Waals surface area contributed by atoms with Gasteiger partial charge >= 0.3 is 0 Å². The van der Waals surface area contributed by atoms with Gasteiger partial charge in [-0.15, -0.1) is 11.3 Å². The molecule has 3 heterocycles. The number of rotatable bonds is 5. The van der Waals surface area contributed by atoms with Crippen molar-refractivity contribution in [1.82, 2.24) is 4.57 Å². The molecule has 0 bridgehead atoms. The number of carbonyl (C=O) groups excluding carboxylic acids is 1. The van der Waals surface area contributed by atoms with Gasteiger partial charge in [0.1, 0.15) is 11.9 Å². The lowest BCUT2D eigenvalue weighted by atomic mass is 10.2. The van der Waals surface area contributed by atoms with Gasteiger partial charge in [-0.2, -0.15) is 5.26 Å². The van der Waals surface area contributed by atoms with Crippen molar-refractivity contribution in [2.75, 3.05) is 25.0 Å². The highest BCUT2D eigenvalue weighted by atomic mass is 32.1. The lowest BCUT2D eigenvalue weighted by Crippen LogP contribution is -3.12. The van der Waals surface area contributed by atoms with Crippen LogP contribution in [0.5, 0.6) is 0 Å². The maximum absolute atomic E-state index is 12.7. The summed E-state index contributed by atoms with van der Waals surface area (Å²) in [6.45, 7) is 7.25. The van der Waals surface area contributed by atoms with Crippen LogP contribution in [-0.2, 0) is 11.3 Å². The molecule has 1 amide bonds. The number of nitrogens with zero attached hydrogens (tertiary/aromatic N) is 2. The summed E-state index contributed by atoms with van der Waals surface area (Å²) >= 11 is 1.69. The maximum atomic E-state index is 12.7. The zero-order valence-corrected chi connectivity index (χ0v) is 16.4. The van der Waals surface area contributed by atoms with E-state index < -0.39 is 0 Å². The molecule has 0 aromatic carbocycles. The van der Waals surface area contributed by atoms with Gasteiger partial charge in [0.2, 0.25) is 0 Å². The molecule has 1 aliphatic rings. The summed E-state index contributed by atoms with van der Waals surface area (Å²) in [6, 6.07) is 6.39. The number of hydrogen-bond donors (Lipinski definition) is 2. The zero-order chi connectivity index (χ0) is 18.5. The van der Waals surface area contributed by atoms with E-state index in [9.17, 15) is 10.1 Å². The van der Waals surface area contributed by atoms with Crippen LogP contribution in [0.15, 0.2) is 17.5 Å². The van der Waals surface area contributed by atoms with Crippen LogP contribution in [0.4, 0.5) is 5.82 Å². The van der Waals surface area contributed by atoms with Crippen molar-refractivity contribution < 1.29 is 9.69 Å². The summed E-state index contributed by atoms with van der Waals surface area (Å²) in [7, 11) is 0. The van der Waals surface area contributed by atoms with E-state index in [1.807, 2.05) is 25.3 Å². The molecule has 26 heavy (non-hydrogen) atoms. The highest BCUT2D eigenvalue weighted by Crippen LogP contribution is 2.28. The fraction of sp³-hybridized carbons (Fsp3) is 0.500. The third kappa shape index (κ3) is 4.17. The number of nitrogens with one attached hydrogen (secondary N) is 2. The van der Waals surface area contributed by atoms with Crippen LogP contribution in [0.1, 0.15) is 47.4 Å². The predicted molar refractivity (Wildman–Crippen MR) is 105 cm³/mol. The van der Waals surface area contributed by atoms with E-state index in [1.54, 1.807) is 11.3 Å². The Morgan fingerprint density at radius 1 is 1.31 bits per heavy atom. The second-order valence-corrected chi connectivity index (χ2v) is 8.13. The van der Waals surface area contributed by atoms with Crippen LogP contribution < -0.4 is 10.2 Å². The standard InChI is InChI=1S/C20H26N4OS/c1-15-16(2)24(13-17-8-7-11-26-17)20(18(15)12-21)22-19(25)14-23-9-5-3-4-6-10-23/h7-8,11H,3-6,9-10,13-14H2,1-2H3,(H,22,25)/p+1. The van der Waals surface area contributed by atoms with Crippen molar-refractivity contribution in [2.45, 2.75) is 46.1 Å². The molecule has 6 heteroatoms. The molecule has 5 nitrogen and oxygen atoms in total. The minimum Gasteiger partial charge on any atom is -0.327 e. The second kappa shape index (κ2) is 8.52. The van der Waals surface area contributed by atoms with E-state index in [0.29, 0.717) is 24.5 Å². The van der Waals surface area contributed by atoms with Gasteiger partial charge in [-0.05, 0) is 56.5 Å². The molecule has 2 aromatic rings. The molecular formula is C20H27N4OS+. The van der Waals surface area contributed by atoms with Gasteiger partial charge in [-0.25, -0.2) is 0 Å². The summed E-state index contributed by atoms with van der Waals surface area (Å²) in [5, 5.41) is 14.7. The molecular weight excluding hydrogens is 344 g/mol. The van der Waals surface area contributed by atoms with Crippen LogP contribution in [0.2, 0.25) is 0 Å². The lowest BCUT2D eigenvalue weighted by Gasteiger charge is -2.17. The Balaban J connectivity index is 1.80. The SMILES string of the molecule is Cc1c(C#N)c(NC(=O)C[NH+]2CCCCCC2)n(Cc2cccs2)c1C. The number of aromatic nitrogens is 1. The third-order valence-corrected chi connectivity index (χ3v) is 6.18.